The first kappa shape index (κ1) is 16.7. The van der Waals surface area contributed by atoms with Crippen molar-refractivity contribution in [2.45, 2.75) is 19.9 Å². The summed E-state index contributed by atoms with van der Waals surface area (Å²) in [5.74, 6) is 1.35. The lowest BCUT2D eigenvalue weighted by Gasteiger charge is -2.09. The molecule has 0 N–H and O–H groups in total. The third kappa shape index (κ3) is 3.41. The predicted octanol–water partition coefficient (Wildman–Crippen LogP) is 2.19. The molecular formula is C17H15NO4S. The summed E-state index contributed by atoms with van der Waals surface area (Å²) in [6.07, 6.45) is 5.04. The molecule has 118 valence electrons. The third-order valence-electron chi connectivity index (χ3n) is 3.28. The Morgan fingerprint density at radius 2 is 2.00 bits per heavy atom. The number of terminal acetylenes is 1. The Morgan fingerprint density at radius 3 is 2.61 bits per heavy atom. The van der Waals surface area contributed by atoms with E-state index in [0.29, 0.717) is 16.0 Å². The van der Waals surface area contributed by atoms with E-state index in [1.54, 1.807) is 37.3 Å². The zero-order valence-electron chi connectivity index (χ0n) is 12.7. The fourth-order valence-corrected chi connectivity index (χ4v) is 3.07. The van der Waals surface area contributed by atoms with Crippen molar-refractivity contribution in [1.29, 1.82) is 0 Å². The van der Waals surface area contributed by atoms with Crippen LogP contribution in [0.5, 0.6) is 0 Å². The molecule has 5 nitrogen and oxygen atoms in total. The summed E-state index contributed by atoms with van der Waals surface area (Å²) < 4.78 is 6.08. The van der Waals surface area contributed by atoms with Gasteiger partial charge in [0.2, 0.25) is 5.78 Å². The molecule has 0 saturated carbocycles. The normalized spacial score (nSPS) is 11.5. The van der Waals surface area contributed by atoms with Crippen LogP contribution in [0.25, 0.3) is 0 Å². The van der Waals surface area contributed by atoms with Crippen LogP contribution in [0, 0.1) is 19.3 Å². The molecule has 0 amide bonds. The summed E-state index contributed by atoms with van der Waals surface area (Å²) in [5, 5.41) is 0. The van der Waals surface area contributed by atoms with Gasteiger partial charge in [0.05, 0.1) is 0 Å². The zero-order valence-corrected chi connectivity index (χ0v) is 13.6. The number of esters is 1. The van der Waals surface area contributed by atoms with Crippen LogP contribution >= 0.6 is 11.5 Å². The SMILES string of the molecule is C#CCOC(=O)C(C)n1sc(C(=O)c2ccccc2)c(C)c1=O. The van der Waals surface area contributed by atoms with Gasteiger partial charge in [0.25, 0.3) is 5.56 Å². The number of ether oxygens (including phenoxy) is 1. The molecule has 0 radical (unpaired) electrons. The van der Waals surface area contributed by atoms with Gasteiger partial charge < -0.3 is 4.74 Å². The molecular weight excluding hydrogens is 314 g/mol. The van der Waals surface area contributed by atoms with Gasteiger partial charge in [0.1, 0.15) is 10.9 Å². The molecule has 2 aromatic rings. The fraction of sp³-hybridized carbons (Fsp3) is 0.235. The van der Waals surface area contributed by atoms with E-state index in [0.717, 1.165) is 11.5 Å². The molecule has 0 spiro atoms. The molecule has 1 unspecified atom stereocenters. The molecule has 0 bridgehead atoms. The van der Waals surface area contributed by atoms with Crippen molar-refractivity contribution in [1.82, 2.24) is 3.96 Å². The topological polar surface area (TPSA) is 65.4 Å². The van der Waals surface area contributed by atoms with Gasteiger partial charge >= 0.3 is 5.97 Å². The average molecular weight is 329 g/mol. The molecule has 0 aliphatic rings. The van der Waals surface area contributed by atoms with Crippen LogP contribution in [-0.2, 0) is 9.53 Å². The molecule has 6 heteroatoms. The minimum atomic E-state index is -0.836. The molecule has 2 rings (SSSR count). The number of carbonyl (C=O) groups excluding carboxylic acids is 2. The Labute approximate surface area is 137 Å². The van der Waals surface area contributed by atoms with Crippen molar-refractivity contribution in [2.75, 3.05) is 6.61 Å². The molecule has 23 heavy (non-hydrogen) atoms. The van der Waals surface area contributed by atoms with E-state index in [-0.39, 0.29) is 17.9 Å². The Kier molecular flexibility index (Phi) is 5.14. The second-order valence-electron chi connectivity index (χ2n) is 4.86. The molecule has 1 aromatic carbocycles. The Hall–Kier alpha value is -2.65. The van der Waals surface area contributed by atoms with E-state index in [9.17, 15) is 14.4 Å². The van der Waals surface area contributed by atoms with Crippen LogP contribution in [0.4, 0.5) is 0 Å². The summed E-state index contributed by atoms with van der Waals surface area (Å²) in [4.78, 5) is 37.0. The van der Waals surface area contributed by atoms with E-state index in [1.807, 2.05) is 0 Å². The van der Waals surface area contributed by atoms with Crippen molar-refractivity contribution < 1.29 is 14.3 Å². The number of rotatable bonds is 5. The highest BCUT2D eigenvalue weighted by Gasteiger charge is 2.25. The van der Waals surface area contributed by atoms with Gasteiger partial charge in [0.15, 0.2) is 6.61 Å². The minimum Gasteiger partial charge on any atom is -0.451 e. The molecule has 1 aromatic heterocycles. The number of aromatic nitrogens is 1. The highest BCUT2D eigenvalue weighted by atomic mass is 32.1. The van der Waals surface area contributed by atoms with E-state index in [1.165, 1.54) is 10.9 Å². The molecule has 0 aliphatic carbocycles. The zero-order chi connectivity index (χ0) is 17.0. The first-order chi connectivity index (χ1) is 11.0. The second-order valence-corrected chi connectivity index (χ2v) is 5.84. The number of hydrogen-bond donors (Lipinski definition) is 0. The van der Waals surface area contributed by atoms with Crippen LogP contribution in [0.2, 0.25) is 0 Å². The quantitative estimate of drug-likeness (QED) is 0.479. The molecule has 0 aliphatic heterocycles. The monoisotopic (exact) mass is 329 g/mol. The van der Waals surface area contributed by atoms with Gasteiger partial charge in [0, 0.05) is 11.1 Å². The summed E-state index contributed by atoms with van der Waals surface area (Å²) in [6.45, 7) is 2.95. The second kappa shape index (κ2) is 7.07. The summed E-state index contributed by atoms with van der Waals surface area (Å²) in [6, 6.07) is 7.84. The molecule has 0 saturated heterocycles. The van der Waals surface area contributed by atoms with E-state index >= 15 is 0 Å². The summed E-state index contributed by atoms with van der Waals surface area (Å²) >= 11 is 0.961. The van der Waals surface area contributed by atoms with Crippen molar-refractivity contribution >= 4 is 23.3 Å². The van der Waals surface area contributed by atoms with E-state index in [4.69, 9.17) is 11.2 Å². The number of benzene rings is 1. The number of ketones is 1. The first-order valence-electron chi connectivity index (χ1n) is 6.89. The summed E-state index contributed by atoms with van der Waals surface area (Å²) in [7, 11) is 0. The largest absolute Gasteiger partial charge is 0.451 e. The first-order valence-corrected chi connectivity index (χ1v) is 7.67. The van der Waals surface area contributed by atoms with Gasteiger partial charge in [-0.2, -0.15) is 0 Å². The number of carbonyl (C=O) groups is 2. The van der Waals surface area contributed by atoms with Gasteiger partial charge in [-0.3, -0.25) is 9.59 Å². The Bertz CT molecular complexity index is 827. The fourth-order valence-electron chi connectivity index (χ4n) is 1.99. The predicted molar refractivity (Wildman–Crippen MR) is 87.7 cm³/mol. The van der Waals surface area contributed by atoms with Crippen molar-refractivity contribution in [3.8, 4) is 12.3 Å². The van der Waals surface area contributed by atoms with E-state index in [2.05, 4.69) is 5.92 Å². The Morgan fingerprint density at radius 1 is 1.35 bits per heavy atom. The lowest BCUT2D eigenvalue weighted by molar-refractivity contribution is -0.145. The molecule has 1 heterocycles. The maximum absolute atomic E-state index is 12.5. The van der Waals surface area contributed by atoms with Gasteiger partial charge in [-0.05, 0) is 13.8 Å². The van der Waals surface area contributed by atoms with Crippen LogP contribution in [0.15, 0.2) is 35.1 Å². The lowest BCUT2D eigenvalue weighted by atomic mass is 10.1. The van der Waals surface area contributed by atoms with Crippen LogP contribution in [0.3, 0.4) is 0 Å². The number of hydrogen-bond acceptors (Lipinski definition) is 5. The summed E-state index contributed by atoms with van der Waals surface area (Å²) in [5.41, 5.74) is 0.437. The highest BCUT2D eigenvalue weighted by molar-refractivity contribution is 7.09. The smallest absolute Gasteiger partial charge is 0.330 e. The highest BCUT2D eigenvalue weighted by Crippen LogP contribution is 2.20. The van der Waals surface area contributed by atoms with Gasteiger partial charge in [-0.1, -0.05) is 47.8 Å². The maximum Gasteiger partial charge on any atom is 0.330 e. The lowest BCUT2D eigenvalue weighted by Crippen LogP contribution is -2.26. The Balaban J connectivity index is 2.36. The standard InChI is InChI=1S/C17H15NO4S/c1-4-10-22-17(21)12(3)18-16(20)11(2)15(23-18)14(19)13-8-6-5-7-9-13/h1,5-9,12H,10H2,2-3H3. The van der Waals surface area contributed by atoms with Crippen molar-refractivity contribution in [3.63, 3.8) is 0 Å². The van der Waals surface area contributed by atoms with Crippen molar-refractivity contribution in [3.05, 3.63) is 56.7 Å². The van der Waals surface area contributed by atoms with Gasteiger partial charge in [-0.15, -0.1) is 6.42 Å². The molecule has 1 atom stereocenters. The third-order valence-corrected chi connectivity index (χ3v) is 4.64. The van der Waals surface area contributed by atoms with Gasteiger partial charge in [-0.25, -0.2) is 8.75 Å². The van der Waals surface area contributed by atoms with Crippen LogP contribution in [-0.4, -0.2) is 22.3 Å². The van der Waals surface area contributed by atoms with E-state index < -0.39 is 12.0 Å². The van der Waals surface area contributed by atoms with Crippen LogP contribution < -0.4 is 5.56 Å². The minimum absolute atomic E-state index is 0.155. The van der Waals surface area contributed by atoms with Crippen LogP contribution in [0.1, 0.15) is 33.8 Å². The average Bonchev–Trinajstić information content (AvgIpc) is 2.87. The maximum atomic E-state index is 12.5. The van der Waals surface area contributed by atoms with Crippen molar-refractivity contribution in [2.24, 2.45) is 0 Å². The molecule has 0 fully saturated rings. The number of nitrogens with zero attached hydrogens (tertiary/aromatic N) is 1.